The molecule has 1 heterocycles. The van der Waals surface area contributed by atoms with Crippen LogP contribution in [0.2, 0.25) is 0 Å². The highest BCUT2D eigenvalue weighted by atomic mass is 19.1. The van der Waals surface area contributed by atoms with Gasteiger partial charge in [-0.3, -0.25) is 4.90 Å². The van der Waals surface area contributed by atoms with E-state index in [-0.39, 0.29) is 11.6 Å². The number of nitrogens with zero attached hydrogens (tertiary/aromatic N) is 3. The maximum Gasteiger partial charge on any atom is 0.140 e. The summed E-state index contributed by atoms with van der Waals surface area (Å²) in [4.78, 5) is 2.03. The smallest absolute Gasteiger partial charge is 0.140 e. The summed E-state index contributed by atoms with van der Waals surface area (Å²) in [7, 11) is 0. The minimum absolute atomic E-state index is 0.0520. The largest absolute Gasteiger partial charge is 0.313 e. The second kappa shape index (κ2) is 5.59. The molecule has 1 saturated heterocycles. The molecule has 0 saturated carbocycles. The summed E-state index contributed by atoms with van der Waals surface area (Å²) in [5.74, 6) is -0.501. The molecule has 0 radical (unpaired) electrons. The van der Waals surface area contributed by atoms with Crippen LogP contribution in [0.25, 0.3) is 0 Å². The topological polar surface area (TPSA) is 62.9 Å². The van der Waals surface area contributed by atoms with Gasteiger partial charge < -0.3 is 5.32 Å². The van der Waals surface area contributed by atoms with Crippen LogP contribution in [0, 0.1) is 28.5 Å². The minimum atomic E-state index is -0.501. The number of piperazine rings is 1. The SMILES string of the molecule is N#Cc1cc(CN2CCNCC2C#N)ccc1F. The Bertz CT molecular complexity index is 515. The van der Waals surface area contributed by atoms with E-state index in [2.05, 4.69) is 11.4 Å². The first-order chi connectivity index (χ1) is 8.74. The first kappa shape index (κ1) is 12.5. The number of nitrogens with one attached hydrogen (secondary N) is 1. The molecule has 4 nitrogen and oxygen atoms in total. The van der Waals surface area contributed by atoms with Crippen LogP contribution in [-0.4, -0.2) is 30.6 Å². The molecule has 1 aliphatic rings. The fourth-order valence-corrected chi connectivity index (χ4v) is 2.05. The minimum Gasteiger partial charge on any atom is -0.313 e. The van der Waals surface area contributed by atoms with Gasteiger partial charge in [-0.05, 0) is 17.7 Å². The number of halogens is 1. The summed E-state index contributed by atoms with van der Waals surface area (Å²) in [6.45, 7) is 2.82. The molecule has 1 atom stereocenters. The van der Waals surface area contributed by atoms with E-state index in [1.165, 1.54) is 6.07 Å². The quantitative estimate of drug-likeness (QED) is 0.842. The van der Waals surface area contributed by atoms with E-state index in [1.807, 2.05) is 11.0 Å². The van der Waals surface area contributed by atoms with Crippen LogP contribution in [0.4, 0.5) is 4.39 Å². The summed E-state index contributed by atoms with van der Waals surface area (Å²) in [5.41, 5.74) is 0.909. The molecule has 18 heavy (non-hydrogen) atoms. The fourth-order valence-electron chi connectivity index (χ4n) is 2.05. The van der Waals surface area contributed by atoms with Gasteiger partial charge in [0.15, 0.2) is 0 Å². The molecular formula is C13H13FN4. The molecule has 0 aliphatic carbocycles. The van der Waals surface area contributed by atoms with Gasteiger partial charge in [0.25, 0.3) is 0 Å². The standard InChI is InChI=1S/C13H13FN4/c14-13-2-1-10(5-11(13)6-15)9-18-4-3-17-8-12(18)7-16/h1-2,5,12,17H,3-4,8-9H2. The van der Waals surface area contributed by atoms with Crippen molar-refractivity contribution in [2.75, 3.05) is 19.6 Å². The van der Waals surface area contributed by atoms with Crippen molar-refractivity contribution in [1.82, 2.24) is 10.2 Å². The monoisotopic (exact) mass is 244 g/mol. The predicted molar refractivity (Wildman–Crippen MR) is 63.8 cm³/mol. The number of rotatable bonds is 2. The Balaban J connectivity index is 2.14. The highest BCUT2D eigenvalue weighted by molar-refractivity contribution is 5.34. The van der Waals surface area contributed by atoms with Gasteiger partial charge in [0.05, 0.1) is 11.6 Å². The van der Waals surface area contributed by atoms with E-state index < -0.39 is 5.82 Å². The Hall–Kier alpha value is -1.95. The molecule has 0 spiro atoms. The van der Waals surface area contributed by atoms with E-state index in [9.17, 15) is 4.39 Å². The highest BCUT2D eigenvalue weighted by Crippen LogP contribution is 2.14. The lowest BCUT2D eigenvalue weighted by molar-refractivity contribution is 0.189. The van der Waals surface area contributed by atoms with Crippen molar-refractivity contribution in [3.63, 3.8) is 0 Å². The lowest BCUT2D eigenvalue weighted by Crippen LogP contribution is -2.49. The summed E-state index contributed by atoms with van der Waals surface area (Å²) in [6.07, 6.45) is 0. The van der Waals surface area contributed by atoms with Gasteiger partial charge in [0.2, 0.25) is 0 Å². The zero-order chi connectivity index (χ0) is 13.0. The van der Waals surface area contributed by atoms with Crippen molar-refractivity contribution in [2.45, 2.75) is 12.6 Å². The Kier molecular flexibility index (Phi) is 3.88. The zero-order valence-electron chi connectivity index (χ0n) is 9.86. The molecular weight excluding hydrogens is 231 g/mol. The van der Waals surface area contributed by atoms with Crippen LogP contribution < -0.4 is 5.32 Å². The number of hydrogen-bond acceptors (Lipinski definition) is 4. The van der Waals surface area contributed by atoms with Crippen molar-refractivity contribution in [3.8, 4) is 12.1 Å². The molecule has 1 aliphatic heterocycles. The molecule has 92 valence electrons. The van der Waals surface area contributed by atoms with Crippen LogP contribution in [0.15, 0.2) is 18.2 Å². The van der Waals surface area contributed by atoms with E-state index in [4.69, 9.17) is 10.5 Å². The van der Waals surface area contributed by atoms with Crippen molar-refractivity contribution in [3.05, 3.63) is 35.1 Å². The second-order valence-corrected chi connectivity index (χ2v) is 4.25. The molecule has 1 N–H and O–H groups in total. The van der Waals surface area contributed by atoms with Gasteiger partial charge in [-0.15, -0.1) is 0 Å². The van der Waals surface area contributed by atoms with Crippen LogP contribution in [0.3, 0.4) is 0 Å². The van der Waals surface area contributed by atoms with Crippen molar-refractivity contribution in [2.24, 2.45) is 0 Å². The number of hydrogen-bond donors (Lipinski definition) is 1. The Morgan fingerprint density at radius 2 is 2.28 bits per heavy atom. The lowest BCUT2D eigenvalue weighted by Gasteiger charge is -2.31. The maximum absolute atomic E-state index is 13.2. The predicted octanol–water partition coefficient (Wildman–Crippen LogP) is 0.995. The molecule has 1 aromatic carbocycles. The van der Waals surface area contributed by atoms with E-state index in [1.54, 1.807) is 12.1 Å². The van der Waals surface area contributed by atoms with Crippen molar-refractivity contribution >= 4 is 0 Å². The lowest BCUT2D eigenvalue weighted by atomic mass is 10.1. The van der Waals surface area contributed by atoms with E-state index >= 15 is 0 Å². The van der Waals surface area contributed by atoms with Gasteiger partial charge in [-0.2, -0.15) is 10.5 Å². The third-order valence-electron chi connectivity index (χ3n) is 3.04. The Labute approximate surface area is 105 Å². The molecule has 2 rings (SSSR count). The molecule has 0 amide bonds. The van der Waals surface area contributed by atoms with Crippen LogP contribution >= 0.6 is 0 Å². The first-order valence-corrected chi connectivity index (χ1v) is 5.77. The van der Waals surface area contributed by atoms with Crippen LogP contribution in [0.5, 0.6) is 0 Å². The van der Waals surface area contributed by atoms with Gasteiger partial charge in [0, 0.05) is 26.2 Å². The Morgan fingerprint density at radius 1 is 1.44 bits per heavy atom. The molecule has 5 heteroatoms. The number of benzene rings is 1. The third kappa shape index (κ3) is 2.65. The molecule has 1 unspecified atom stereocenters. The van der Waals surface area contributed by atoms with Crippen molar-refractivity contribution < 1.29 is 4.39 Å². The van der Waals surface area contributed by atoms with Crippen LogP contribution in [0.1, 0.15) is 11.1 Å². The normalized spacial score (nSPS) is 20.1. The Morgan fingerprint density at radius 3 is 3.00 bits per heavy atom. The molecule has 1 fully saturated rings. The fraction of sp³-hybridized carbons (Fsp3) is 0.385. The maximum atomic E-state index is 13.2. The molecule has 1 aromatic rings. The number of nitriles is 2. The second-order valence-electron chi connectivity index (χ2n) is 4.25. The third-order valence-corrected chi connectivity index (χ3v) is 3.04. The summed E-state index contributed by atoms with van der Waals surface area (Å²) < 4.78 is 13.2. The summed E-state index contributed by atoms with van der Waals surface area (Å²) in [5, 5.41) is 21.0. The average Bonchev–Trinajstić information content (AvgIpc) is 2.41. The summed E-state index contributed by atoms with van der Waals surface area (Å²) >= 11 is 0. The van der Waals surface area contributed by atoms with Gasteiger partial charge in [-0.1, -0.05) is 6.07 Å². The molecule has 0 aromatic heterocycles. The van der Waals surface area contributed by atoms with Gasteiger partial charge in [0.1, 0.15) is 17.9 Å². The van der Waals surface area contributed by atoms with E-state index in [0.29, 0.717) is 13.1 Å². The zero-order valence-corrected chi connectivity index (χ0v) is 9.86. The van der Waals surface area contributed by atoms with Gasteiger partial charge in [-0.25, -0.2) is 4.39 Å². The van der Waals surface area contributed by atoms with Gasteiger partial charge >= 0.3 is 0 Å². The highest BCUT2D eigenvalue weighted by Gasteiger charge is 2.21. The van der Waals surface area contributed by atoms with Crippen molar-refractivity contribution in [1.29, 1.82) is 10.5 Å². The van der Waals surface area contributed by atoms with Crippen LogP contribution in [-0.2, 0) is 6.54 Å². The molecule has 0 bridgehead atoms. The van der Waals surface area contributed by atoms with E-state index in [0.717, 1.165) is 18.7 Å². The average molecular weight is 244 g/mol. The summed E-state index contributed by atoms with van der Waals surface area (Å²) in [6, 6.07) is 8.40. The first-order valence-electron chi connectivity index (χ1n) is 5.77.